The van der Waals surface area contributed by atoms with Crippen LogP contribution >= 0.6 is 0 Å². The van der Waals surface area contributed by atoms with E-state index in [-0.39, 0.29) is 0 Å². The van der Waals surface area contributed by atoms with Crippen LogP contribution in [-0.4, -0.2) is 6.08 Å². The SMILES string of the molecule is C/C=C(\C)N=C=O. The van der Waals surface area contributed by atoms with E-state index < -0.39 is 0 Å². The molecular formula is C5H7NO. The van der Waals surface area contributed by atoms with E-state index in [1.54, 1.807) is 13.0 Å². The number of aliphatic imine (C=N–C) groups is 1. The fraction of sp³-hybridized carbons (Fsp3) is 0.400. The van der Waals surface area contributed by atoms with Gasteiger partial charge in [-0.15, -0.1) is 0 Å². The van der Waals surface area contributed by atoms with Crippen molar-refractivity contribution in [2.45, 2.75) is 13.8 Å². The second-order valence-electron chi connectivity index (χ2n) is 1.13. The first-order valence-corrected chi connectivity index (χ1v) is 2.02. The zero-order chi connectivity index (χ0) is 5.70. The Hall–Kier alpha value is -0.880. The topological polar surface area (TPSA) is 29.4 Å². The third-order valence-corrected chi connectivity index (χ3v) is 0.640. The lowest BCUT2D eigenvalue weighted by molar-refractivity contribution is 0.564. The van der Waals surface area contributed by atoms with Crippen molar-refractivity contribution in [2.24, 2.45) is 4.99 Å². The van der Waals surface area contributed by atoms with E-state index in [1.807, 2.05) is 6.92 Å². The summed E-state index contributed by atoms with van der Waals surface area (Å²) >= 11 is 0. The van der Waals surface area contributed by atoms with Gasteiger partial charge in [-0.1, -0.05) is 6.08 Å². The lowest BCUT2D eigenvalue weighted by Crippen LogP contribution is -1.61. The highest BCUT2D eigenvalue weighted by Crippen LogP contribution is 1.88. The van der Waals surface area contributed by atoms with Crippen molar-refractivity contribution >= 4 is 6.08 Å². The molecular weight excluding hydrogens is 90.1 g/mol. The molecule has 0 amide bonds. The summed E-state index contributed by atoms with van der Waals surface area (Å²) in [5.41, 5.74) is 0.704. The maximum absolute atomic E-state index is 9.44. The standard InChI is InChI=1S/C5H7NO/c1-3-5(2)6-4-7/h3H,1-2H3/b5-3+. The number of rotatable bonds is 1. The van der Waals surface area contributed by atoms with Crippen LogP contribution < -0.4 is 0 Å². The molecule has 0 rings (SSSR count). The minimum atomic E-state index is 0.704. The van der Waals surface area contributed by atoms with Gasteiger partial charge in [-0.05, 0) is 13.8 Å². The van der Waals surface area contributed by atoms with Crippen molar-refractivity contribution in [1.29, 1.82) is 0 Å². The number of hydrogen-bond donors (Lipinski definition) is 0. The predicted molar refractivity (Wildman–Crippen MR) is 27.6 cm³/mol. The molecule has 0 aliphatic rings. The van der Waals surface area contributed by atoms with Gasteiger partial charge >= 0.3 is 0 Å². The summed E-state index contributed by atoms with van der Waals surface area (Å²) in [5, 5.41) is 0. The van der Waals surface area contributed by atoms with Gasteiger partial charge in [-0.3, -0.25) is 0 Å². The Balaban J connectivity index is 3.82. The molecule has 38 valence electrons. The Morgan fingerprint density at radius 1 is 1.86 bits per heavy atom. The molecule has 0 aromatic rings. The first-order chi connectivity index (χ1) is 3.31. The molecule has 0 unspecified atom stereocenters. The van der Waals surface area contributed by atoms with Gasteiger partial charge in [0.05, 0.1) is 0 Å². The van der Waals surface area contributed by atoms with Crippen LogP contribution in [0.15, 0.2) is 16.8 Å². The fourth-order valence-corrected chi connectivity index (χ4v) is 0.137. The maximum atomic E-state index is 9.44. The molecule has 0 aliphatic carbocycles. The van der Waals surface area contributed by atoms with Gasteiger partial charge in [0.25, 0.3) is 0 Å². The van der Waals surface area contributed by atoms with Crippen molar-refractivity contribution in [1.82, 2.24) is 0 Å². The van der Waals surface area contributed by atoms with Gasteiger partial charge in [-0.2, -0.15) is 4.99 Å². The molecule has 0 fully saturated rings. The average Bonchev–Trinajstić information content (AvgIpc) is 1.68. The Labute approximate surface area is 42.6 Å². The Morgan fingerprint density at radius 3 is 2.57 bits per heavy atom. The molecule has 2 heteroatoms. The summed E-state index contributed by atoms with van der Waals surface area (Å²) in [7, 11) is 0. The zero-order valence-corrected chi connectivity index (χ0v) is 4.43. The number of nitrogens with zero attached hydrogens (tertiary/aromatic N) is 1. The van der Waals surface area contributed by atoms with E-state index in [1.165, 1.54) is 6.08 Å². The molecule has 2 nitrogen and oxygen atoms in total. The summed E-state index contributed by atoms with van der Waals surface area (Å²) in [5.74, 6) is 0. The van der Waals surface area contributed by atoms with E-state index in [2.05, 4.69) is 4.99 Å². The molecule has 0 saturated carbocycles. The predicted octanol–water partition coefficient (Wildman–Crippen LogP) is 1.25. The highest BCUT2D eigenvalue weighted by molar-refractivity contribution is 5.36. The van der Waals surface area contributed by atoms with Crippen LogP contribution in [0.1, 0.15) is 13.8 Å². The van der Waals surface area contributed by atoms with Crippen LogP contribution in [-0.2, 0) is 4.79 Å². The Kier molecular flexibility index (Phi) is 2.90. The van der Waals surface area contributed by atoms with E-state index >= 15 is 0 Å². The van der Waals surface area contributed by atoms with E-state index in [0.717, 1.165) is 0 Å². The highest BCUT2D eigenvalue weighted by atomic mass is 16.1. The zero-order valence-electron chi connectivity index (χ0n) is 4.43. The number of hydrogen-bond acceptors (Lipinski definition) is 2. The second kappa shape index (κ2) is 3.32. The van der Waals surface area contributed by atoms with Crippen LogP contribution in [0.3, 0.4) is 0 Å². The molecule has 0 radical (unpaired) electrons. The fourth-order valence-electron chi connectivity index (χ4n) is 0.137. The molecule has 0 spiro atoms. The van der Waals surface area contributed by atoms with Gasteiger partial charge in [0, 0.05) is 5.70 Å². The summed E-state index contributed by atoms with van der Waals surface area (Å²) in [6.45, 7) is 3.56. The van der Waals surface area contributed by atoms with Crippen molar-refractivity contribution in [3.05, 3.63) is 11.8 Å². The smallest absolute Gasteiger partial charge is 0.211 e. The molecule has 7 heavy (non-hydrogen) atoms. The van der Waals surface area contributed by atoms with Crippen LogP contribution in [0.25, 0.3) is 0 Å². The molecule has 0 bridgehead atoms. The van der Waals surface area contributed by atoms with Crippen molar-refractivity contribution < 1.29 is 4.79 Å². The molecule has 0 N–H and O–H groups in total. The third-order valence-electron chi connectivity index (χ3n) is 0.640. The molecule has 0 aromatic heterocycles. The minimum Gasteiger partial charge on any atom is -0.211 e. The largest absolute Gasteiger partial charge is 0.240 e. The second-order valence-corrected chi connectivity index (χ2v) is 1.13. The monoisotopic (exact) mass is 97.1 g/mol. The van der Waals surface area contributed by atoms with E-state index in [4.69, 9.17) is 0 Å². The highest BCUT2D eigenvalue weighted by Gasteiger charge is 1.72. The van der Waals surface area contributed by atoms with Crippen molar-refractivity contribution in [3.63, 3.8) is 0 Å². The molecule has 0 atom stereocenters. The van der Waals surface area contributed by atoms with Crippen molar-refractivity contribution in [3.8, 4) is 0 Å². The Bertz CT molecular complexity index is 120. The van der Waals surface area contributed by atoms with E-state index in [9.17, 15) is 4.79 Å². The molecule has 0 aromatic carbocycles. The number of carbonyl (C=O) groups excluding carboxylic acids is 1. The van der Waals surface area contributed by atoms with Gasteiger partial charge in [-0.25, -0.2) is 4.79 Å². The first kappa shape index (κ1) is 6.12. The van der Waals surface area contributed by atoms with Crippen LogP contribution in [0.2, 0.25) is 0 Å². The lowest BCUT2D eigenvalue weighted by Gasteiger charge is -1.76. The average molecular weight is 97.1 g/mol. The quantitative estimate of drug-likeness (QED) is 0.357. The van der Waals surface area contributed by atoms with Crippen LogP contribution in [0.5, 0.6) is 0 Å². The third kappa shape index (κ3) is 2.94. The number of isocyanates is 1. The van der Waals surface area contributed by atoms with Gasteiger partial charge in [0.2, 0.25) is 6.08 Å². The molecule has 0 heterocycles. The maximum Gasteiger partial charge on any atom is 0.240 e. The van der Waals surface area contributed by atoms with Crippen LogP contribution in [0, 0.1) is 0 Å². The summed E-state index contributed by atoms with van der Waals surface area (Å²) in [4.78, 5) is 12.7. The summed E-state index contributed by atoms with van der Waals surface area (Å²) in [6, 6.07) is 0. The minimum absolute atomic E-state index is 0.704. The van der Waals surface area contributed by atoms with Crippen molar-refractivity contribution in [2.75, 3.05) is 0 Å². The molecule has 0 saturated heterocycles. The normalized spacial score (nSPS) is 10.3. The molecule has 0 aliphatic heterocycles. The number of allylic oxidation sites excluding steroid dienone is 2. The van der Waals surface area contributed by atoms with Gasteiger partial charge in [0.15, 0.2) is 0 Å². The lowest BCUT2D eigenvalue weighted by atomic mass is 10.5. The summed E-state index contributed by atoms with van der Waals surface area (Å²) < 4.78 is 0. The van der Waals surface area contributed by atoms with E-state index in [0.29, 0.717) is 5.70 Å². The van der Waals surface area contributed by atoms with Gasteiger partial charge < -0.3 is 0 Å². The summed E-state index contributed by atoms with van der Waals surface area (Å²) in [6.07, 6.45) is 3.17. The van der Waals surface area contributed by atoms with Gasteiger partial charge in [0.1, 0.15) is 0 Å². The first-order valence-electron chi connectivity index (χ1n) is 2.02. The Morgan fingerprint density at radius 2 is 2.43 bits per heavy atom. The van der Waals surface area contributed by atoms with Crippen LogP contribution in [0.4, 0.5) is 0 Å².